The van der Waals surface area contributed by atoms with Crippen molar-refractivity contribution in [1.82, 2.24) is 0 Å². The highest BCUT2D eigenvalue weighted by Crippen LogP contribution is 2.60. The molecule has 1 aliphatic carbocycles. The van der Waals surface area contributed by atoms with E-state index < -0.39 is 33.1 Å². The SMILES string of the molecule is Cc1ccc(S(=O)(=O)OC2(C)CC2(COC(=O)c2ccccc2)COC(=O)c2ccccc2)cc1. The van der Waals surface area contributed by atoms with E-state index in [4.69, 9.17) is 13.7 Å². The second kappa shape index (κ2) is 9.64. The Morgan fingerprint density at radius 3 is 1.69 bits per heavy atom. The third-order valence-corrected chi connectivity index (χ3v) is 7.69. The number of hydrogen-bond acceptors (Lipinski definition) is 7. The molecule has 0 spiro atoms. The maximum Gasteiger partial charge on any atom is 0.338 e. The molecule has 0 amide bonds. The molecule has 0 saturated heterocycles. The van der Waals surface area contributed by atoms with Gasteiger partial charge in [-0.3, -0.25) is 4.18 Å². The number of rotatable bonds is 9. The van der Waals surface area contributed by atoms with E-state index in [1.807, 2.05) is 6.92 Å². The van der Waals surface area contributed by atoms with Crippen LogP contribution >= 0.6 is 0 Å². The standard InChI is InChI=1S/C27H26O7S/c1-20-13-15-23(16-14-20)35(30,31)34-26(2)17-27(26,18-32-24(28)21-9-5-3-6-10-21)19-33-25(29)22-11-7-4-8-12-22/h3-16H,17-19H2,1-2H3. The summed E-state index contributed by atoms with van der Waals surface area (Å²) in [5.41, 5.74) is -0.625. The molecule has 0 heterocycles. The van der Waals surface area contributed by atoms with Crippen molar-refractivity contribution in [2.45, 2.75) is 30.8 Å². The molecule has 1 fully saturated rings. The summed E-state index contributed by atoms with van der Waals surface area (Å²) >= 11 is 0. The van der Waals surface area contributed by atoms with Crippen molar-refractivity contribution in [1.29, 1.82) is 0 Å². The predicted molar refractivity (Wildman–Crippen MR) is 128 cm³/mol. The highest BCUT2D eigenvalue weighted by atomic mass is 32.2. The minimum atomic E-state index is -4.11. The van der Waals surface area contributed by atoms with E-state index >= 15 is 0 Å². The van der Waals surface area contributed by atoms with Crippen LogP contribution < -0.4 is 0 Å². The van der Waals surface area contributed by atoms with Gasteiger partial charge < -0.3 is 9.47 Å². The van der Waals surface area contributed by atoms with Crippen molar-refractivity contribution >= 4 is 22.1 Å². The number of hydrogen-bond donors (Lipinski definition) is 0. The maximum absolute atomic E-state index is 13.0. The summed E-state index contributed by atoms with van der Waals surface area (Å²) in [5.74, 6) is -1.12. The largest absolute Gasteiger partial charge is 0.461 e. The Morgan fingerprint density at radius 2 is 1.23 bits per heavy atom. The summed E-state index contributed by atoms with van der Waals surface area (Å²) in [5, 5.41) is 0. The van der Waals surface area contributed by atoms with E-state index in [1.54, 1.807) is 79.7 Å². The van der Waals surface area contributed by atoms with Crippen LogP contribution in [0.2, 0.25) is 0 Å². The zero-order chi connectivity index (χ0) is 25.1. The first-order valence-electron chi connectivity index (χ1n) is 11.1. The van der Waals surface area contributed by atoms with Gasteiger partial charge in [0.05, 0.1) is 27.0 Å². The van der Waals surface area contributed by atoms with Gasteiger partial charge >= 0.3 is 11.9 Å². The van der Waals surface area contributed by atoms with Crippen molar-refractivity contribution in [3.05, 3.63) is 102 Å². The molecule has 0 bridgehead atoms. The number of aryl methyl sites for hydroxylation is 1. The van der Waals surface area contributed by atoms with E-state index in [1.165, 1.54) is 12.1 Å². The van der Waals surface area contributed by atoms with Crippen molar-refractivity contribution in [3.63, 3.8) is 0 Å². The molecule has 1 atom stereocenters. The second-order valence-electron chi connectivity index (χ2n) is 8.92. The first-order valence-corrected chi connectivity index (χ1v) is 12.5. The number of carbonyl (C=O) groups excluding carboxylic acids is 2. The van der Waals surface area contributed by atoms with E-state index in [0.29, 0.717) is 11.1 Å². The highest BCUT2D eigenvalue weighted by Gasteiger charge is 2.69. The molecule has 0 aromatic heterocycles. The van der Waals surface area contributed by atoms with Gasteiger partial charge in [0.15, 0.2) is 0 Å². The first kappa shape index (κ1) is 24.6. The molecule has 35 heavy (non-hydrogen) atoms. The van der Waals surface area contributed by atoms with Crippen LogP contribution in [0.5, 0.6) is 0 Å². The molecule has 1 unspecified atom stereocenters. The molecular formula is C27H26O7S. The molecule has 7 nitrogen and oxygen atoms in total. The van der Waals surface area contributed by atoms with Crippen molar-refractivity contribution in [2.75, 3.05) is 13.2 Å². The third-order valence-electron chi connectivity index (χ3n) is 6.25. The zero-order valence-corrected chi connectivity index (χ0v) is 20.3. The fourth-order valence-electron chi connectivity index (χ4n) is 3.89. The van der Waals surface area contributed by atoms with Gasteiger partial charge in [0.25, 0.3) is 10.1 Å². The van der Waals surface area contributed by atoms with Gasteiger partial charge in [-0.2, -0.15) is 8.42 Å². The molecule has 3 aromatic rings. The number of ether oxygens (including phenoxy) is 2. The number of esters is 2. The van der Waals surface area contributed by atoms with Crippen LogP contribution in [0.25, 0.3) is 0 Å². The second-order valence-corrected chi connectivity index (χ2v) is 10.5. The fourth-order valence-corrected chi connectivity index (χ4v) is 5.17. The Kier molecular flexibility index (Phi) is 6.78. The number of carbonyl (C=O) groups is 2. The van der Waals surface area contributed by atoms with Crippen molar-refractivity contribution in [2.24, 2.45) is 5.41 Å². The molecule has 1 saturated carbocycles. The van der Waals surface area contributed by atoms with Gasteiger partial charge in [0, 0.05) is 0 Å². The lowest BCUT2D eigenvalue weighted by molar-refractivity contribution is 0.00375. The molecule has 0 N–H and O–H groups in total. The summed E-state index contributed by atoms with van der Waals surface area (Å²) in [6.45, 7) is 3.11. The van der Waals surface area contributed by atoms with Gasteiger partial charge in [-0.1, -0.05) is 54.1 Å². The van der Waals surface area contributed by atoms with E-state index in [2.05, 4.69) is 0 Å². The van der Waals surface area contributed by atoms with E-state index in [9.17, 15) is 18.0 Å². The highest BCUT2D eigenvalue weighted by molar-refractivity contribution is 7.86. The summed E-state index contributed by atoms with van der Waals surface area (Å²) < 4.78 is 42.6. The zero-order valence-electron chi connectivity index (χ0n) is 19.5. The van der Waals surface area contributed by atoms with Crippen LogP contribution in [0.3, 0.4) is 0 Å². The monoisotopic (exact) mass is 494 g/mol. The minimum absolute atomic E-state index is 0.0210. The Hall–Kier alpha value is -3.49. The topological polar surface area (TPSA) is 96.0 Å². The van der Waals surface area contributed by atoms with Gasteiger partial charge in [0.1, 0.15) is 13.2 Å². The first-order chi connectivity index (χ1) is 16.6. The van der Waals surface area contributed by atoms with E-state index in [0.717, 1.165) is 5.56 Å². The summed E-state index contributed by atoms with van der Waals surface area (Å²) in [7, 11) is -4.11. The molecule has 1 aliphatic rings. The van der Waals surface area contributed by atoms with Crippen LogP contribution in [0.15, 0.2) is 89.8 Å². The molecule has 3 aromatic carbocycles. The minimum Gasteiger partial charge on any atom is -0.461 e. The summed E-state index contributed by atoms with van der Waals surface area (Å²) in [6.07, 6.45) is 0.217. The van der Waals surface area contributed by atoms with Gasteiger partial charge in [-0.25, -0.2) is 9.59 Å². The summed E-state index contributed by atoms with van der Waals surface area (Å²) in [4.78, 5) is 25.1. The Bertz CT molecular complexity index is 1250. The number of benzene rings is 3. The lowest BCUT2D eigenvalue weighted by Crippen LogP contribution is -2.33. The Balaban J connectivity index is 1.52. The quantitative estimate of drug-likeness (QED) is 0.318. The van der Waals surface area contributed by atoms with Gasteiger partial charge in [-0.15, -0.1) is 0 Å². The van der Waals surface area contributed by atoms with Crippen LogP contribution in [0.4, 0.5) is 0 Å². The Labute approximate surface area is 204 Å². The van der Waals surface area contributed by atoms with Gasteiger partial charge in [0.2, 0.25) is 0 Å². The molecule has 8 heteroatoms. The smallest absolute Gasteiger partial charge is 0.338 e. The van der Waals surface area contributed by atoms with Crippen LogP contribution in [0, 0.1) is 12.3 Å². The van der Waals surface area contributed by atoms with Crippen molar-refractivity contribution in [3.8, 4) is 0 Å². The Morgan fingerprint density at radius 1 is 0.771 bits per heavy atom. The normalized spacial score (nSPS) is 18.5. The lowest BCUT2D eigenvalue weighted by atomic mass is 10.1. The maximum atomic E-state index is 13.0. The van der Waals surface area contributed by atoms with E-state index in [-0.39, 0.29) is 24.5 Å². The fraction of sp³-hybridized carbons (Fsp3) is 0.259. The molecule has 0 radical (unpaired) electrons. The molecule has 182 valence electrons. The average Bonchev–Trinajstić information content (AvgIpc) is 3.44. The summed E-state index contributed by atoms with van der Waals surface area (Å²) in [6, 6.07) is 23.2. The predicted octanol–water partition coefficient (Wildman–Crippen LogP) is 4.56. The molecule has 0 aliphatic heterocycles. The average molecular weight is 495 g/mol. The molecular weight excluding hydrogens is 468 g/mol. The van der Waals surface area contributed by atoms with Crippen molar-refractivity contribution < 1.29 is 31.7 Å². The van der Waals surface area contributed by atoms with Crippen LogP contribution in [-0.2, 0) is 23.8 Å². The van der Waals surface area contributed by atoms with Crippen LogP contribution in [-0.4, -0.2) is 39.2 Å². The molecule has 4 rings (SSSR count). The third kappa shape index (κ3) is 5.44. The van der Waals surface area contributed by atoms with Crippen LogP contribution in [0.1, 0.15) is 39.6 Å². The van der Waals surface area contributed by atoms with Gasteiger partial charge in [-0.05, 0) is 56.7 Å². The lowest BCUT2D eigenvalue weighted by Gasteiger charge is -2.23.